The average Bonchev–Trinajstić information content (AvgIpc) is 3.43. The Morgan fingerprint density at radius 1 is 1.15 bits per heavy atom. The largest absolute Gasteiger partial charge is 0.374 e. The smallest absolute Gasteiger partial charge is 0.275 e. The number of nitrogens with zero attached hydrogens (tertiary/aromatic N) is 6. The van der Waals surface area contributed by atoms with Gasteiger partial charge in [-0.3, -0.25) is 23.0 Å². The molecule has 1 atom stereocenters. The summed E-state index contributed by atoms with van der Waals surface area (Å²) in [7, 11) is 0.786. The molecule has 1 aliphatic rings. The van der Waals surface area contributed by atoms with Crippen LogP contribution in [0.4, 0.5) is 5.82 Å². The molecule has 2 N–H and O–H groups in total. The summed E-state index contributed by atoms with van der Waals surface area (Å²) < 4.78 is 14.9. The van der Waals surface area contributed by atoms with Crippen LogP contribution in [-0.4, -0.2) is 68.9 Å². The molecule has 1 aromatic carbocycles. The van der Waals surface area contributed by atoms with Crippen molar-refractivity contribution in [3.05, 3.63) is 66.2 Å². The molecular formula is C22H23N7O3S. The maximum Gasteiger partial charge on any atom is 0.275 e. The van der Waals surface area contributed by atoms with Gasteiger partial charge in [0.2, 0.25) is 5.78 Å². The highest BCUT2D eigenvalue weighted by molar-refractivity contribution is 7.85. The minimum atomic E-state index is -1.01. The predicted molar refractivity (Wildman–Crippen MR) is 124 cm³/mol. The Bertz CT molecular complexity index is 1320. The maximum atomic E-state index is 13.1. The molecule has 1 unspecified atom stereocenters. The van der Waals surface area contributed by atoms with Crippen molar-refractivity contribution < 1.29 is 14.1 Å². The molecule has 1 amide bonds. The third-order valence-electron chi connectivity index (χ3n) is 5.66. The predicted octanol–water partition coefficient (Wildman–Crippen LogP) is 1.44. The molecule has 10 nitrogen and oxygen atoms in total. The average molecular weight is 466 g/mol. The molecule has 0 saturated carbocycles. The van der Waals surface area contributed by atoms with Gasteiger partial charge >= 0.3 is 0 Å². The van der Waals surface area contributed by atoms with E-state index in [1.165, 1.54) is 10.9 Å². The van der Waals surface area contributed by atoms with Crippen LogP contribution in [0, 0.1) is 0 Å². The quantitative estimate of drug-likeness (QED) is 0.458. The maximum absolute atomic E-state index is 13.1. The van der Waals surface area contributed by atoms with Gasteiger partial charge in [-0.05, 0) is 6.07 Å². The van der Waals surface area contributed by atoms with Gasteiger partial charge in [-0.25, -0.2) is 4.98 Å². The van der Waals surface area contributed by atoms with Gasteiger partial charge < -0.3 is 10.4 Å². The van der Waals surface area contributed by atoms with E-state index in [4.69, 9.17) is 0 Å². The fourth-order valence-electron chi connectivity index (χ4n) is 3.88. The highest BCUT2D eigenvalue weighted by Gasteiger charge is 2.29. The molecule has 1 fully saturated rings. The molecule has 4 aromatic rings. The number of anilines is 1. The lowest BCUT2D eigenvalue weighted by Crippen LogP contribution is -2.40. The van der Waals surface area contributed by atoms with E-state index in [1.54, 1.807) is 28.6 Å². The second-order valence-electron chi connectivity index (χ2n) is 7.80. The molecule has 1 saturated heterocycles. The van der Waals surface area contributed by atoms with Crippen LogP contribution in [0.25, 0.3) is 17.0 Å². The van der Waals surface area contributed by atoms with Crippen LogP contribution >= 0.6 is 0 Å². The van der Waals surface area contributed by atoms with Gasteiger partial charge in [0, 0.05) is 66.0 Å². The van der Waals surface area contributed by atoms with Crippen molar-refractivity contribution >= 4 is 28.3 Å². The Labute approximate surface area is 192 Å². The minimum Gasteiger partial charge on any atom is -0.374 e. The van der Waals surface area contributed by atoms with Crippen molar-refractivity contribution in [2.24, 2.45) is 7.05 Å². The minimum absolute atomic E-state index is 0.240. The lowest BCUT2D eigenvalue weighted by Gasteiger charge is -2.30. The topological polar surface area (TPSA) is 118 Å². The first kappa shape index (κ1) is 21.4. The number of hydrogen-bond acceptors (Lipinski definition) is 7. The van der Waals surface area contributed by atoms with Crippen LogP contribution in [0.2, 0.25) is 0 Å². The van der Waals surface area contributed by atoms with E-state index < -0.39 is 22.9 Å². The summed E-state index contributed by atoms with van der Waals surface area (Å²) in [4.78, 5) is 23.9. The van der Waals surface area contributed by atoms with E-state index in [0.29, 0.717) is 41.8 Å². The molecule has 0 bridgehead atoms. The Hall–Kier alpha value is -3.41. The van der Waals surface area contributed by atoms with Crippen LogP contribution < -0.4 is 5.32 Å². The van der Waals surface area contributed by atoms with E-state index >= 15 is 0 Å². The molecule has 4 heterocycles. The molecule has 0 spiro atoms. The Morgan fingerprint density at radius 2 is 1.91 bits per heavy atom. The number of imidazole rings is 1. The summed E-state index contributed by atoms with van der Waals surface area (Å²) in [6.07, 6.45) is 4.14. The number of aliphatic hydroxyl groups is 1. The third-order valence-corrected chi connectivity index (χ3v) is 6.93. The third kappa shape index (κ3) is 4.30. The lowest BCUT2D eigenvalue weighted by atomic mass is 10.2. The van der Waals surface area contributed by atoms with Gasteiger partial charge in [0.1, 0.15) is 17.7 Å². The number of rotatable bonds is 5. The molecular weight excluding hydrogens is 442 g/mol. The number of nitrogens with one attached hydrogen (secondary N) is 1. The van der Waals surface area contributed by atoms with Gasteiger partial charge in [0.15, 0.2) is 0 Å². The first-order chi connectivity index (χ1) is 16.0. The highest BCUT2D eigenvalue weighted by atomic mass is 32.2. The number of amides is 1. The fraction of sp³-hybridized carbons (Fsp3) is 0.273. The summed E-state index contributed by atoms with van der Waals surface area (Å²) in [5, 5.41) is 17.8. The van der Waals surface area contributed by atoms with Crippen molar-refractivity contribution in [3.8, 4) is 11.3 Å². The highest BCUT2D eigenvalue weighted by Crippen LogP contribution is 2.24. The molecule has 5 rings (SSSR count). The number of aliphatic hydroxyl groups excluding tert-OH is 1. The van der Waals surface area contributed by atoms with E-state index in [2.05, 4.69) is 20.4 Å². The standard InChI is InChI=1S/C22H23N7O3S/c1-27-19(16(13-23-27)21(31)28-9-11-33(32)12-10-28)20(30)25-18-7-8-29-14-17(24-22(29)26-18)15-5-3-2-4-6-15/h2-8,13-14,21,31H,9-12H2,1H3,(H,24,25,26,30). The Kier molecular flexibility index (Phi) is 5.75. The lowest BCUT2D eigenvalue weighted by molar-refractivity contribution is 0.00763. The summed E-state index contributed by atoms with van der Waals surface area (Å²) in [6.45, 7) is 0.983. The van der Waals surface area contributed by atoms with Crippen LogP contribution in [-0.2, 0) is 17.8 Å². The van der Waals surface area contributed by atoms with Gasteiger partial charge in [0.25, 0.3) is 5.91 Å². The summed E-state index contributed by atoms with van der Waals surface area (Å²) in [5.74, 6) is 1.36. The Morgan fingerprint density at radius 3 is 2.67 bits per heavy atom. The first-order valence-electron chi connectivity index (χ1n) is 10.5. The second-order valence-corrected chi connectivity index (χ2v) is 9.49. The molecule has 0 aliphatic carbocycles. The molecule has 3 aromatic heterocycles. The van der Waals surface area contributed by atoms with E-state index in [1.807, 2.05) is 36.5 Å². The van der Waals surface area contributed by atoms with Gasteiger partial charge in [-0.1, -0.05) is 30.3 Å². The zero-order chi connectivity index (χ0) is 22.9. The van der Waals surface area contributed by atoms with Gasteiger partial charge in [-0.2, -0.15) is 10.1 Å². The van der Waals surface area contributed by atoms with Crippen LogP contribution in [0.15, 0.2) is 55.0 Å². The number of aromatic nitrogens is 5. The Balaban J connectivity index is 1.37. The van der Waals surface area contributed by atoms with E-state index in [9.17, 15) is 14.1 Å². The normalized spacial score (nSPS) is 16.2. The SMILES string of the molecule is Cn1ncc(C(O)N2CCS(=O)CC2)c1C(=O)Nc1ccn2cc(-c3ccccc3)nc2n1. The zero-order valence-electron chi connectivity index (χ0n) is 18.0. The number of fused-ring (bicyclic) bond motifs is 1. The van der Waals surface area contributed by atoms with Crippen molar-refractivity contribution in [2.45, 2.75) is 6.23 Å². The van der Waals surface area contributed by atoms with E-state index in [-0.39, 0.29) is 5.69 Å². The number of aryl methyl sites for hydroxylation is 1. The first-order valence-corrected chi connectivity index (χ1v) is 12.0. The molecule has 0 radical (unpaired) electrons. The van der Waals surface area contributed by atoms with Crippen LogP contribution in [0.1, 0.15) is 22.3 Å². The molecule has 33 heavy (non-hydrogen) atoms. The number of hydrogen-bond donors (Lipinski definition) is 2. The molecule has 11 heteroatoms. The van der Waals surface area contributed by atoms with E-state index in [0.717, 1.165) is 11.3 Å². The number of benzene rings is 1. The second kappa shape index (κ2) is 8.85. The molecule has 1 aliphatic heterocycles. The van der Waals surface area contributed by atoms with Crippen molar-refractivity contribution in [3.63, 3.8) is 0 Å². The van der Waals surface area contributed by atoms with Crippen molar-refractivity contribution in [1.29, 1.82) is 0 Å². The van der Waals surface area contributed by atoms with Crippen molar-refractivity contribution in [2.75, 3.05) is 29.9 Å². The van der Waals surface area contributed by atoms with Gasteiger partial charge in [-0.15, -0.1) is 0 Å². The number of carbonyl (C=O) groups is 1. The van der Waals surface area contributed by atoms with Crippen LogP contribution in [0.3, 0.4) is 0 Å². The molecule has 170 valence electrons. The monoisotopic (exact) mass is 465 g/mol. The zero-order valence-corrected chi connectivity index (χ0v) is 18.8. The van der Waals surface area contributed by atoms with Gasteiger partial charge in [0.05, 0.1) is 11.9 Å². The fourth-order valence-corrected chi connectivity index (χ4v) is 4.96. The van der Waals surface area contributed by atoms with Crippen molar-refractivity contribution in [1.82, 2.24) is 29.0 Å². The number of carbonyl (C=O) groups excluding carboxylic acids is 1. The summed E-state index contributed by atoms with van der Waals surface area (Å²) in [6, 6.07) is 11.5. The summed E-state index contributed by atoms with van der Waals surface area (Å²) >= 11 is 0. The van der Waals surface area contributed by atoms with Crippen LogP contribution in [0.5, 0.6) is 0 Å². The summed E-state index contributed by atoms with van der Waals surface area (Å²) in [5.41, 5.74) is 2.40.